The third-order valence-corrected chi connectivity index (χ3v) is 2.09. The molecule has 1 heterocycles. The lowest BCUT2D eigenvalue weighted by Gasteiger charge is -2.20. The summed E-state index contributed by atoms with van der Waals surface area (Å²) in [5.74, 6) is 0.0187. The van der Waals surface area contributed by atoms with Gasteiger partial charge in [0.15, 0.2) is 0 Å². The molecule has 0 aromatic rings. The topological polar surface area (TPSA) is 32.3 Å². The number of halogens is 1. The van der Waals surface area contributed by atoms with E-state index in [2.05, 4.69) is 5.32 Å². The molecule has 1 aliphatic rings. The van der Waals surface area contributed by atoms with Crippen LogP contribution in [0.15, 0.2) is 0 Å². The fraction of sp³-hybridized carbons (Fsp3) is 0.875. The highest BCUT2D eigenvalue weighted by atomic mass is 19.1. The Morgan fingerprint density at radius 1 is 1.75 bits per heavy atom. The van der Waals surface area contributed by atoms with E-state index >= 15 is 0 Å². The van der Waals surface area contributed by atoms with Gasteiger partial charge in [-0.15, -0.1) is 0 Å². The van der Waals surface area contributed by atoms with E-state index in [-0.39, 0.29) is 18.5 Å². The van der Waals surface area contributed by atoms with Crippen molar-refractivity contribution in [2.24, 2.45) is 0 Å². The molecular formula is C8H15FN2O. The largest absolute Gasteiger partial charge is 0.339 e. The molecule has 4 heteroatoms. The Labute approximate surface area is 71.9 Å². The second kappa shape index (κ2) is 4.40. The van der Waals surface area contributed by atoms with Crippen molar-refractivity contribution >= 4 is 5.91 Å². The number of carbonyl (C=O) groups excluding carboxylic acids is 1. The summed E-state index contributed by atoms with van der Waals surface area (Å²) in [7, 11) is 0. The predicted octanol–water partition coefficient (Wildman–Crippen LogP) is 0.166. The van der Waals surface area contributed by atoms with Crippen molar-refractivity contribution in [3.63, 3.8) is 0 Å². The van der Waals surface area contributed by atoms with Crippen LogP contribution in [0, 0.1) is 0 Å². The van der Waals surface area contributed by atoms with Gasteiger partial charge in [0.05, 0.1) is 6.04 Å². The first kappa shape index (κ1) is 9.45. The highest BCUT2D eigenvalue weighted by Crippen LogP contribution is 2.01. The van der Waals surface area contributed by atoms with Gasteiger partial charge in [0.1, 0.15) is 6.67 Å². The van der Waals surface area contributed by atoms with Gasteiger partial charge in [0.25, 0.3) is 0 Å². The fourth-order valence-electron chi connectivity index (χ4n) is 1.38. The quantitative estimate of drug-likeness (QED) is 0.647. The predicted molar refractivity (Wildman–Crippen MR) is 44.6 cm³/mol. The van der Waals surface area contributed by atoms with E-state index in [0.29, 0.717) is 6.54 Å². The molecule has 0 aromatic heterocycles. The van der Waals surface area contributed by atoms with Crippen LogP contribution in [0.5, 0.6) is 0 Å². The number of nitrogens with zero attached hydrogens (tertiary/aromatic N) is 1. The van der Waals surface area contributed by atoms with Crippen molar-refractivity contribution in [3.8, 4) is 0 Å². The maximum Gasteiger partial charge on any atom is 0.239 e. The van der Waals surface area contributed by atoms with Gasteiger partial charge in [0.2, 0.25) is 5.91 Å². The van der Waals surface area contributed by atoms with Gasteiger partial charge in [-0.1, -0.05) is 0 Å². The summed E-state index contributed by atoms with van der Waals surface area (Å²) in [6.07, 6.45) is 0.913. The van der Waals surface area contributed by atoms with E-state index in [9.17, 15) is 9.18 Å². The molecule has 0 saturated carbocycles. The van der Waals surface area contributed by atoms with Crippen LogP contribution in [0.2, 0.25) is 0 Å². The maximum absolute atomic E-state index is 12.0. The third-order valence-electron chi connectivity index (χ3n) is 2.09. The highest BCUT2D eigenvalue weighted by molar-refractivity contribution is 5.81. The van der Waals surface area contributed by atoms with Crippen LogP contribution in [0.25, 0.3) is 0 Å². The zero-order valence-electron chi connectivity index (χ0n) is 7.35. The molecule has 0 bridgehead atoms. The van der Waals surface area contributed by atoms with Crippen LogP contribution in [0.1, 0.15) is 13.3 Å². The molecule has 1 atom stereocenters. The van der Waals surface area contributed by atoms with Crippen LogP contribution in [0.3, 0.4) is 0 Å². The third kappa shape index (κ3) is 2.17. The first-order valence-electron chi connectivity index (χ1n) is 4.34. The molecule has 1 N–H and O–H groups in total. The molecular weight excluding hydrogens is 159 g/mol. The molecule has 0 unspecified atom stereocenters. The minimum absolute atomic E-state index is 0.0187. The van der Waals surface area contributed by atoms with Crippen LogP contribution in [-0.4, -0.2) is 43.2 Å². The number of amides is 1. The average Bonchev–Trinajstić information content (AvgIpc) is 2.20. The van der Waals surface area contributed by atoms with Gasteiger partial charge in [-0.25, -0.2) is 4.39 Å². The Morgan fingerprint density at radius 3 is 3.17 bits per heavy atom. The van der Waals surface area contributed by atoms with Gasteiger partial charge < -0.3 is 10.2 Å². The number of nitrogens with one attached hydrogen (secondary N) is 1. The molecule has 1 saturated heterocycles. The molecule has 1 fully saturated rings. The van der Waals surface area contributed by atoms with E-state index in [1.807, 2.05) is 6.92 Å². The summed E-state index contributed by atoms with van der Waals surface area (Å²) < 4.78 is 12.0. The molecule has 0 spiro atoms. The lowest BCUT2D eigenvalue weighted by Crippen LogP contribution is -2.42. The number of rotatable bonds is 2. The SMILES string of the molecule is C[C@H]1NCCCN(CCF)C1=O. The fourth-order valence-corrected chi connectivity index (χ4v) is 1.38. The van der Waals surface area contributed by atoms with Gasteiger partial charge in [-0.2, -0.15) is 0 Å². The summed E-state index contributed by atoms with van der Waals surface area (Å²) in [6, 6.07) is -0.154. The van der Waals surface area contributed by atoms with Crippen LogP contribution < -0.4 is 5.32 Å². The monoisotopic (exact) mass is 174 g/mol. The number of alkyl halides is 1. The minimum Gasteiger partial charge on any atom is -0.339 e. The summed E-state index contributed by atoms with van der Waals surface area (Å²) in [4.78, 5) is 13.0. The molecule has 0 aliphatic carbocycles. The Bertz CT molecular complexity index is 163. The van der Waals surface area contributed by atoms with E-state index < -0.39 is 6.67 Å². The molecule has 3 nitrogen and oxygen atoms in total. The van der Waals surface area contributed by atoms with Crippen molar-refractivity contribution < 1.29 is 9.18 Å². The standard InChI is InChI=1S/C8H15FN2O/c1-7-8(12)11(6-3-9)5-2-4-10-7/h7,10H,2-6H2,1H3/t7-/m1/s1. The minimum atomic E-state index is -0.446. The number of hydrogen-bond donors (Lipinski definition) is 1. The maximum atomic E-state index is 12.0. The smallest absolute Gasteiger partial charge is 0.239 e. The van der Waals surface area contributed by atoms with Crippen molar-refractivity contribution in [2.45, 2.75) is 19.4 Å². The summed E-state index contributed by atoms with van der Waals surface area (Å²) in [5.41, 5.74) is 0. The molecule has 0 radical (unpaired) electrons. The Hall–Kier alpha value is -0.640. The van der Waals surface area contributed by atoms with Gasteiger partial charge in [-0.3, -0.25) is 4.79 Å². The van der Waals surface area contributed by atoms with Crippen molar-refractivity contribution in [3.05, 3.63) is 0 Å². The van der Waals surface area contributed by atoms with Crippen LogP contribution in [-0.2, 0) is 4.79 Å². The van der Waals surface area contributed by atoms with Crippen molar-refractivity contribution in [1.29, 1.82) is 0 Å². The second-order valence-corrected chi connectivity index (χ2v) is 3.04. The Kier molecular flexibility index (Phi) is 3.47. The normalized spacial score (nSPS) is 25.7. The van der Waals surface area contributed by atoms with Gasteiger partial charge >= 0.3 is 0 Å². The van der Waals surface area contributed by atoms with Crippen LogP contribution >= 0.6 is 0 Å². The molecule has 12 heavy (non-hydrogen) atoms. The zero-order chi connectivity index (χ0) is 8.97. The van der Waals surface area contributed by atoms with Gasteiger partial charge in [-0.05, 0) is 19.9 Å². The molecule has 1 amide bonds. The summed E-state index contributed by atoms with van der Waals surface area (Å²) in [5, 5.41) is 3.07. The van der Waals surface area contributed by atoms with E-state index in [4.69, 9.17) is 0 Å². The highest BCUT2D eigenvalue weighted by Gasteiger charge is 2.21. The first-order chi connectivity index (χ1) is 5.75. The van der Waals surface area contributed by atoms with E-state index in [0.717, 1.165) is 13.0 Å². The second-order valence-electron chi connectivity index (χ2n) is 3.04. The Morgan fingerprint density at radius 2 is 2.50 bits per heavy atom. The van der Waals surface area contributed by atoms with Crippen LogP contribution in [0.4, 0.5) is 4.39 Å². The molecule has 1 rings (SSSR count). The molecule has 1 aliphatic heterocycles. The van der Waals surface area contributed by atoms with Crippen molar-refractivity contribution in [1.82, 2.24) is 10.2 Å². The number of carbonyl (C=O) groups is 1. The zero-order valence-corrected chi connectivity index (χ0v) is 7.35. The molecule has 70 valence electrons. The number of hydrogen-bond acceptors (Lipinski definition) is 2. The van der Waals surface area contributed by atoms with E-state index in [1.54, 1.807) is 4.90 Å². The van der Waals surface area contributed by atoms with Crippen molar-refractivity contribution in [2.75, 3.05) is 26.3 Å². The van der Waals surface area contributed by atoms with E-state index in [1.165, 1.54) is 0 Å². The van der Waals surface area contributed by atoms with Gasteiger partial charge in [0, 0.05) is 13.1 Å². The average molecular weight is 174 g/mol. The Balaban J connectivity index is 2.52. The first-order valence-corrected chi connectivity index (χ1v) is 4.34. The lowest BCUT2D eigenvalue weighted by molar-refractivity contribution is -0.132. The summed E-state index contributed by atoms with van der Waals surface area (Å²) >= 11 is 0. The lowest BCUT2D eigenvalue weighted by atomic mass is 10.3. The summed E-state index contributed by atoms with van der Waals surface area (Å²) in [6.45, 7) is 3.14. The molecule has 0 aromatic carbocycles.